The molecule has 5 rings (SSSR count). The second-order valence-corrected chi connectivity index (χ2v) is 7.55. The minimum Gasteiger partial charge on any atom is -0.369 e. The first-order chi connectivity index (χ1) is 13.6. The number of rotatable bonds is 2. The average molecular weight is 382 g/mol. The highest BCUT2D eigenvalue weighted by Crippen LogP contribution is 2.37. The van der Waals surface area contributed by atoms with Gasteiger partial charge in [0.2, 0.25) is 0 Å². The van der Waals surface area contributed by atoms with Gasteiger partial charge in [-0.15, -0.1) is 0 Å². The van der Waals surface area contributed by atoms with Crippen molar-refractivity contribution in [2.24, 2.45) is 0 Å². The smallest absolute Gasteiger partial charge is 0.189 e. The van der Waals surface area contributed by atoms with Crippen molar-refractivity contribution in [2.45, 2.75) is 25.4 Å². The maximum Gasteiger partial charge on any atom is 0.189 e. The molecule has 0 aliphatic carbocycles. The fraction of sp³-hybridized carbons (Fsp3) is 0.318. The molecule has 2 N–H and O–H groups in total. The number of Topliss-reactive ketones (excluding diaryl/α,β-unsaturated/α-hetero) is 1. The van der Waals surface area contributed by atoms with Crippen molar-refractivity contribution < 1.29 is 18.3 Å². The van der Waals surface area contributed by atoms with E-state index in [0.717, 1.165) is 31.5 Å². The van der Waals surface area contributed by atoms with Crippen LogP contribution >= 0.6 is 0 Å². The van der Waals surface area contributed by atoms with E-state index >= 15 is 4.39 Å². The van der Waals surface area contributed by atoms with E-state index in [4.69, 9.17) is 4.74 Å². The van der Waals surface area contributed by atoms with Crippen LogP contribution in [0.25, 0.3) is 22.2 Å². The molecule has 2 aromatic carbocycles. The van der Waals surface area contributed by atoms with E-state index in [9.17, 15) is 9.18 Å². The van der Waals surface area contributed by atoms with Gasteiger partial charge in [0, 0.05) is 34.1 Å². The molecule has 2 aliphatic rings. The molecule has 144 valence electrons. The summed E-state index contributed by atoms with van der Waals surface area (Å²) in [6.45, 7) is 1.93. The van der Waals surface area contributed by atoms with Crippen LogP contribution in [0.5, 0.6) is 0 Å². The molecule has 6 heteroatoms. The van der Waals surface area contributed by atoms with Gasteiger partial charge < -0.3 is 15.0 Å². The minimum absolute atomic E-state index is 0.108. The largest absolute Gasteiger partial charge is 0.369 e. The molecule has 0 spiro atoms. The third-order valence-electron chi connectivity index (χ3n) is 5.78. The SMILES string of the molecule is O=C1COCc2c(-c3ccc([C@H]4CCCNC4)cc3F)[nH]c3cc(F)cc1c23. The third kappa shape index (κ3) is 2.84. The Kier molecular flexibility index (Phi) is 4.25. The summed E-state index contributed by atoms with van der Waals surface area (Å²) in [4.78, 5) is 15.4. The summed E-state index contributed by atoms with van der Waals surface area (Å²) in [5, 5.41) is 3.98. The van der Waals surface area contributed by atoms with Crippen LogP contribution in [0.1, 0.15) is 40.2 Å². The zero-order valence-electron chi connectivity index (χ0n) is 15.3. The molecular weight excluding hydrogens is 362 g/mol. The molecule has 1 aromatic heterocycles. The Morgan fingerprint density at radius 2 is 1.96 bits per heavy atom. The zero-order chi connectivity index (χ0) is 19.3. The van der Waals surface area contributed by atoms with E-state index in [2.05, 4.69) is 10.3 Å². The van der Waals surface area contributed by atoms with E-state index in [1.54, 1.807) is 12.1 Å². The highest BCUT2D eigenvalue weighted by Gasteiger charge is 2.25. The fourth-order valence-electron chi connectivity index (χ4n) is 4.41. The number of aromatic amines is 1. The van der Waals surface area contributed by atoms with Crippen LogP contribution in [0.15, 0.2) is 30.3 Å². The molecule has 0 radical (unpaired) electrons. The van der Waals surface area contributed by atoms with Gasteiger partial charge in [-0.05, 0) is 55.1 Å². The molecule has 28 heavy (non-hydrogen) atoms. The molecule has 1 atom stereocenters. The van der Waals surface area contributed by atoms with Crippen LogP contribution in [-0.2, 0) is 11.3 Å². The number of hydrogen-bond donors (Lipinski definition) is 2. The van der Waals surface area contributed by atoms with Gasteiger partial charge in [0.25, 0.3) is 0 Å². The van der Waals surface area contributed by atoms with Crippen molar-refractivity contribution in [1.82, 2.24) is 10.3 Å². The molecule has 3 aromatic rings. The lowest BCUT2D eigenvalue weighted by Gasteiger charge is -2.23. The number of aromatic nitrogens is 1. The second-order valence-electron chi connectivity index (χ2n) is 7.55. The molecule has 4 nitrogen and oxygen atoms in total. The topological polar surface area (TPSA) is 54.1 Å². The number of benzene rings is 2. The zero-order valence-corrected chi connectivity index (χ0v) is 15.3. The van der Waals surface area contributed by atoms with Crippen molar-refractivity contribution in [1.29, 1.82) is 0 Å². The Hall–Kier alpha value is -2.57. The highest BCUT2D eigenvalue weighted by molar-refractivity contribution is 6.11. The third-order valence-corrected chi connectivity index (χ3v) is 5.78. The van der Waals surface area contributed by atoms with Gasteiger partial charge >= 0.3 is 0 Å². The summed E-state index contributed by atoms with van der Waals surface area (Å²) in [7, 11) is 0. The van der Waals surface area contributed by atoms with Crippen LogP contribution in [-0.4, -0.2) is 30.5 Å². The molecule has 0 saturated carbocycles. The monoisotopic (exact) mass is 382 g/mol. The summed E-state index contributed by atoms with van der Waals surface area (Å²) in [6.07, 6.45) is 2.13. The number of ether oxygens (including phenoxy) is 1. The highest BCUT2D eigenvalue weighted by atomic mass is 19.1. The number of carbonyl (C=O) groups excluding carboxylic acids is 1. The van der Waals surface area contributed by atoms with Crippen molar-refractivity contribution >= 4 is 16.7 Å². The average Bonchev–Trinajstić information content (AvgIpc) is 2.96. The van der Waals surface area contributed by atoms with Gasteiger partial charge in [0.15, 0.2) is 5.78 Å². The summed E-state index contributed by atoms with van der Waals surface area (Å²) in [5.74, 6) is -0.793. The molecule has 3 heterocycles. The molecule has 0 unspecified atom stereocenters. The van der Waals surface area contributed by atoms with Crippen LogP contribution in [0.4, 0.5) is 8.78 Å². The first-order valence-electron chi connectivity index (χ1n) is 9.57. The summed E-state index contributed by atoms with van der Waals surface area (Å²) in [6, 6.07) is 7.89. The number of carbonyl (C=O) groups is 1. The van der Waals surface area contributed by atoms with E-state index < -0.39 is 5.82 Å². The predicted octanol–water partition coefficient (Wildman–Crippen LogP) is 4.29. The van der Waals surface area contributed by atoms with E-state index in [0.29, 0.717) is 33.6 Å². The number of H-pyrrole nitrogens is 1. The van der Waals surface area contributed by atoms with Crippen molar-refractivity contribution in [3.8, 4) is 11.3 Å². The van der Waals surface area contributed by atoms with Crippen LogP contribution < -0.4 is 5.32 Å². The predicted molar refractivity (Wildman–Crippen MR) is 102 cm³/mol. The number of piperidine rings is 1. The normalized spacial score (nSPS) is 19.8. The van der Waals surface area contributed by atoms with Gasteiger partial charge in [-0.1, -0.05) is 6.07 Å². The van der Waals surface area contributed by atoms with Gasteiger partial charge in [-0.2, -0.15) is 0 Å². The maximum absolute atomic E-state index is 15.1. The summed E-state index contributed by atoms with van der Waals surface area (Å²) < 4.78 is 34.6. The number of hydrogen-bond acceptors (Lipinski definition) is 3. The van der Waals surface area contributed by atoms with Gasteiger partial charge in [-0.25, -0.2) is 8.78 Å². The Bertz CT molecular complexity index is 1080. The van der Waals surface area contributed by atoms with Gasteiger partial charge in [0.05, 0.1) is 12.3 Å². The fourth-order valence-corrected chi connectivity index (χ4v) is 4.41. The molecular formula is C22H20F2N2O2. The first-order valence-corrected chi connectivity index (χ1v) is 9.57. The van der Waals surface area contributed by atoms with Crippen LogP contribution in [0.2, 0.25) is 0 Å². The summed E-state index contributed by atoms with van der Waals surface area (Å²) >= 11 is 0. The van der Waals surface area contributed by atoms with E-state index in [-0.39, 0.29) is 30.4 Å². The lowest BCUT2D eigenvalue weighted by Crippen LogP contribution is -2.28. The van der Waals surface area contributed by atoms with Crippen molar-refractivity contribution in [3.63, 3.8) is 0 Å². The Balaban J connectivity index is 1.64. The van der Waals surface area contributed by atoms with E-state index in [1.807, 2.05) is 6.07 Å². The Labute approximate surface area is 160 Å². The standard InChI is InChI=1S/C22H20F2N2O2/c23-14-7-16-20(27)11-28-10-17-21(16)19(8-14)26-22(17)15-4-3-12(6-18(15)24)13-2-1-5-25-9-13/h3-4,6-8,13,25-26H,1-2,5,9-11H2/t13-/m0/s1. The molecule has 1 fully saturated rings. The lowest BCUT2D eigenvalue weighted by molar-refractivity contribution is 0.0742. The van der Waals surface area contributed by atoms with Crippen LogP contribution in [0, 0.1) is 11.6 Å². The van der Waals surface area contributed by atoms with Crippen molar-refractivity contribution in [2.75, 3.05) is 19.7 Å². The first kappa shape index (κ1) is 17.5. The van der Waals surface area contributed by atoms with Gasteiger partial charge in [0.1, 0.15) is 18.2 Å². The number of halogens is 2. The molecule has 0 bridgehead atoms. The quantitative estimate of drug-likeness (QED) is 0.695. The van der Waals surface area contributed by atoms with E-state index in [1.165, 1.54) is 12.1 Å². The number of nitrogens with one attached hydrogen (secondary N) is 2. The number of ketones is 1. The maximum atomic E-state index is 15.1. The Morgan fingerprint density at radius 1 is 1.07 bits per heavy atom. The molecule has 1 saturated heterocycles. The van der Waals surface area contributed by atoms with Gasteiger partial charge in [-0.3, -0.25) is 4.79 Å². The lowest BCUT2D eigenvalue weighted by atomic mass is 9.90. The minimum atomic E-state index is -0.502. The molecule has 2 aliphatic heterocycles. The second kappa shape index (κ2) is 6.79. The molecule has 0 amide bonds. The van der Waals surface area contributed by atoms with Crippen LogP contribution in [0.3, 0.4) is 0 Å². The van der Waals surface area contributed by atoms with Crippen molar-refractivity contribution in [3.05, 3.63) is 58.7 Å². The summed E-state index contributed by atoms with van der Waals surface area (Å²) in [5.41, 5.74) is 3.40. The Morgan fingerprint density at radius 3 is 2.75 bits per heavy atom.